The molecule has 0 saturated carbocycles. The Hall–Kier alpha value is 1.28. The van der Waals surface area contributed by atoms with E-state index in [0.717, 1.165) is 5.92 Å². The molecule has 0 spiro atoms. The van der Waals surface area contributed by atoms with E-state index in [1.165, 1.54) is 31.7 Å². The molecule has 0 aromatic carbocycles. The van der Waals surface area contributed by atoms with Crippen LogP contribution in [0.3, 0.4) is 0 Å². The van der Waals surface area contributed by atoms with Gasteiger partial charge < -0.3 is 37.2 Å². The predicted octanol–water partition coefficient (Wildman–Crippen LogP) is -4.95. The van der Waals surface area contributed by atoms with Crippen molar-refractivity contribution in [3.05, 3.63) is 22.8 Å². The van der Waals surface area contributed by atoms with Crippen molar-refractivity contribution in [2.45, 2.75) is 64.5 Å². The van der Waals surface area contributed by atoms with Gasteiger partial charge in [-0.2, -0.15) is 5.57 Å². The first-order chi connectivity index (χ1) is 7.47. The summed E-state index contributed by atoms with van der Waals surface area (Å²) >= 11 is 0. The van der Waals surface area contributed by atoms with Crippen LogP contribution in [0.1, 0.15) is 53.4 Å². The van der Waals surface area contributed by atoms with Crippen LogP contribution in [-0.4, -0.2) is 9.52 Å². The average Bonchev–Trinajstić information content (AvgIpc) is 2.49. The summed E-state index contributed by atoms with van der Waals surface area (Å²) in [5.74, 6) is 0.807. The molecule has 0 bridgehead atoms. The van der Waals surface area contributed by atoms with Crippen LogP contribution in [0.2, 0.25) is 11.1 Å². The van der Waals surface area contributed by atoms with Gasteiger partial charge in [-0.15, -0.1) is 0 Å². The van der Waals surface area contributed by atoms with Crippen LogP contribution in [0.15, 0.2) is 16.7 Å². The summed E-state index contributed by atoms with van der Waals surface area (Å²) in [5.41, 5.74) is 4.92. The maximum absolute atomic E-state index is 3.66. The average molecular weight is 388 g/mol. The quantitative estimate of drug-likeness (QED) is 0.329. The van der Waals surface area contributed by atoms with Crippen LogP contribution >= 0.6 is 0 Å². The molecule has 1 unspecified atom stereocenters. The monoisotopic (exact) mass is 386 g/mol. The molecular formula is C15H25Cl3SiTi. The van der Waals surface area contributed by atoms with Crippen LogP contribution in [0.4, 0.5) is 0 Å². The van der Waals surface area contributed by atoms with E-state index < -0.39 is 0 Å². The molecule has 0 amide bonds. The van der Waals surface area contributed by atoms with Gasteiger partial charge in [0.1, 0.15) is 0 Å². The molecule has 0 fully saturated rings. The molecule has 2 rings (SSSR count). The SMILES string of the molecule is CC1=[C-]C2=C(CCCC2)C1C[SiH2]C(C)(C)C.[Cl-].[Cl-].[Cl-].[Ti+4]. The fraction of sp³-hybridized carbons (Fsp3) is 0.733. The van der Waals surface area contributed by atoms with Crippen molar-refractivity contribution in [1.29, 1.82) is 0 Å². The first-order valence-electron chi connectivity index (χ1n) is 6.80. The number of rotatable bonds is 2. The van der Waals surface area contributed by atoms with Crippen molar-refractivity contribution in [2.24, 2.45) is 5.92 Å². The van der Waals surface area contributed by atoms with Gasteiger partial charge in [-0.3, -0.25) is 0 Å². The third-order valence-electron chi connectivity index (χ3n) is 3.98. The Balaban J connectivity index is -0.000000722. The summed E-state index contributed by atoms with van der Waals surface area (Å²) in [4.78, 5) is 0. The first kappa shape index (κ1) is 26.2. The molecular weight excluding hydrogens is 362 g/mol. The zero-order valence-electron chi connectivity index (χ0n) is 13.0. The fourth-order valence-corrected chi connectivity index (χ4v) is 4.95. The summed E-state index contributed by atoms with van der Waals surface area (Å²) in [5, 5.41) is 0.609. The molecule has 0 saturated heterocycles. The van der Waals surface area contributed by atoms with Crippen molar-refractivity contribution in [3.63, 3.8) is 0 Å². The summed E-state index contributed by atoms with van der Waals surface area (Å²) in [6, 6.07) is 1.47. The minimum atomic E-state index is 0. The number of halogens is 3. The van der Waals surface area contributed by atoms with E-state index in [-0.39, 0.29) is 68.5 Å². The van der Waals surface area contributed by atoms with Gasteiger partial charge in [0.05, 0.1) is 0 Å². The Morgan fingerprint density at radius 3 is 2.20 bits per heavy atom. The minimum Gasteiger partial charge on any atom is -1.00 e. The van der Waals surface area contributed by atoms with Crippen molar-refractivity contribution < 1.29 is 58.9 Å². The Bertz CT molecular complexity index is 346. The van der Waals surface area contributed by atoms with Gasteiger partial charge in [0, 0.05) is 9.52 Å². The maximum Gasteiger partial charge on any atom is 4.00 e. The molecule has 0 aromatic rings. The molecule has 0 aliphatic heterocycles. The fourth-order valence-electron chi connectivity index (χ4n) is 3.01. The zero-order chi connectivity index (χ0) is 11.8. The Kier molecular flexibility index (Phi) is 14.3. The van der Waals surface area contributed by atoms with Gasteiger partial charge in [0.15, 0.2) is 0 Å². The van der Waals surface area contributed by atoms with Crippen LogP contribution in [0, 0.1) is 12.0 Å². The number of allylic oxidation sites excluding steroid dienone is 4. The molecule has 2 aliphatic rings. The molecule has 2 aliphatic carbocycles. The molecule has 0 nitrogen and oxygen atoms in total. The van der Waals surface area contributed by atoms with E-state index in [0.29, 0.717) is 5.04 Å². The van der Waals surface area contributed by atoms with Crippen molar-refractivity contribution in [2.75, 3.05) is 0 Å². The predicted molar refractivity (Wildman–Crippen MR) is 74.5 cm³/mol. The zero-order valence-corrected chi connectivity index (χ0v) is 18.2. The van der Waals surface area contributed by atoms with Crippen molar-refractivity contribution in [1.82, 2.24) is 0 Å². The van der Waals surface area contributed by atoms with E-state index >= 15 is 0 Å². The van der Waals surface area contributed by atoms with E-state index in [1.54, 1.807) is 16.7 Å². The smallest absolute Gasteiger partial charge is 1.00 e. The van der Waals surface area contributed by atoms with Gasteiger partial charge in [0.2, 0.25) is 0 Å². The Morgan fingerprint density at radius 1 is 1.10 bits per heavy atom. The second-order valence-electron chi connectivity index (χ2n) is 6.67. The molecule has 0 N–H and O–H groups in total. The third-order valence-corrected chi connectivity index (χ3v) is 6.35. The normalized spacial score (nSPS) is 21.2. The molecule has 0 radical (unpaired) electrons. The first-order valence-corrected chi connectivity index (χ1v) is 8.50. The van der Waals surface area contributed by atoms with Gasteiger partial charge in [0.25, 0.3) is 0 Å². The number of hydrogen-bond acceptors (Lipinski definition) is 0. The van der Waals surface area contributed by atoms with Gasteiger partial charge in [-0.25, -0.2) is 17.2 Å². The molecule has 0 heterocycles. The van der Waals surface area contributed by atoms with E-state index in [4.69, 9.17) is 0 Å². The number of hydrogen-bond donors (Lipinski definition) is 0. The summed E-state index contributed by atoms with van der Waals surface area (Å²) < 4.78 is 0. The van der Waals surface area contributed by atoms with Crippen LogP contribution in [0.25, 0.3) is 0 Å². The van der Waals surface area contributed by atoms with Gasteiger partial charge in [-0.1, -0.05) is 65.3 Å². The van der Waals surface area contributed by atoms with Crippen LogP contribution in [-0.2, 0) is 21.7 Å². The van der Waals surface area contributed by atoms with Crippen molar-refractivity contribution >= 4 is 9.52 Å². The minimum absolute atomic E-state index is 0. The molecule has 0 aromatic heterocycles. The second kappa shape index (κ2) is 10.9. The Morgan fingerprint density at radius 2 is 1.65 bits per heavy atom. The largest absolute Gasteiger partial charge is 4.00 e. The summed E-state index contributed by atoms with van der Waals surface area (Å²) in [6.07, 6.45) is 9.14. The molecule has 1 atom stereocenters. The van der Waals surface area contributed by atoms with Gasteiger partial charge >= 0.3 is 21.7 Å². The summed E-state index contributed by atoms with van der Waals surface area (Å²) in [6.45, 7) is 9.54. The van der Waals surface area contributed by atoms with Crippen LogP contribution in [0.5, 0.6) is 0 Å². The molecule has 5 heteroatoms. The standard InChI is InChI=1S/C15H25Si.3ClH.Ti/c1-11-9-12-7-5-6-8-13(12)14(11)10-16-15(2,3)4;;;;/h14H,5-8,10,16H2,1-4H3;3*1H;/q-1;;;;+4/p-3. The maximum atomic E-state index is 3.66. The molecule has 20 heavy (non-hydrogen) atoms. The van der Waals surface area contributed by atoms with Gasteiger partial charge in [-0.05, 0) is 5.04 Å². The topological polar surface area (TPSA) is 0 Å². The van der Waals surface area contributed by atoms with E-state index in [9.17, 15) is 0 Å². The summed E-state index contributed by atoms with van der Waals surface area (Å²) in [7, 11) is 0.0461. The van der Waals surface area contributed by atoms with E-state index in [2.05, 4.69) is 33.8 Å². The third kappa shape index (κ3) is 7.03. The van der Waals surface area contributed by atoms with Crippen LogP contribution < -0.4 is 37.2 Å². The Labute approximate surface area is 160 Å². The van der Waals surface area contributed by atoms with E-state index in [1.807, 2.05) is 0 Å². The second-order valence-corrected chi connectivity index (χ2v) is 9.87. The van der Waals surface area contributed by atoms with Crippen molar-refractivity contribution in [3.8, 4) is 0 Å². The molecule has 114 valence electrons.